The summed E-state index contributed by atoms with van der Waals surface area (Å²) in [5.74, 6) is 0. The number of aromatic nitrogens is 1. The van der Waals surface area contributed by atoms with Crippen LogP contribution in [0.4, 0.5) is 0 Å². The molecule has 0 aliphatic heterocycles. The first-order valence-corrected chi connectivity index (χ1v) is 5.28. The molecule has 0 saturated heterocycles. The summed E-state index contributed by atoms with van der Waals surface area (Å²) in [6.07, 6.45) is 0. The zero-order valence-corrected chi connectivity index (χ0v) is 9.87. The molecule has 68 valence electrons. The van der Waals surface area contributed by atoms with E-state index in [4.69, 9.17) is 13.8 Å². The molecular weight excluding hydrogens is 285 g/mol. The lowest BCUT2D eigenvalue weighted by atomic mass is 10.00. The Kier molecular flexibility index (Phi) is 2.47. The molecule has 0 aliphatic carbocycles. The number of aryl methyl sites for hydroxylation is 1. The van der Waals surface area contributed by atoms with E-state index in [1.807, 2.05) is 25.1 Å². The molecule has 2 aromatic rings. The topological polar surface area (TPSA) is 12.9 Å². The van der Waals surface area contributed by atoms with Crippen molar-refractivity contribution >= 4 is 33.5 Å². The van der Waals surface area contributed by atoms with Gasteiger partial charge in [0.05, 0.1) is 5.52 Å². The van der Waals surface area contributed by atoms with Gasteiger partial charge in [-0.05, 0) is 78.3 Å². The molecule has 1 heterocycles. The van der Waals surface area contributed by atoms with Crippen molar-refractivity contribution in [1.29, 1.82) is 0 Å². The fourth-order valence-electron chi connectivity index (χ4n) is 1.46. The van der Waals surface area contributed by atoms with Crippen LogP contribution in [0.3, 0.4) is 0 Å². The number of nitrogens with zero attached hydrogens (tertiary/aromatic N) is 1. The summed E-state index contributed by atoms with van der Waals surface area (Å²) in [7, 11) is 0. The number of hydrogen-bond acceptors (Lipinski definition) is 1. The van der Waals surface area contributed by atoms with Crippen molar-refractivity contribution in [3.8, 4) is 0 Å². The zero-order chi connectivity index (χ0) is 10.3. The quantitative estimate of drug-likeness (QED) is 0.536. The Bertz CT molecular complexity index is 503. The molecule has 2 rings (SSSR count). The summed E-state index contributed by atoms with van der Waals surface area (Å²) in [6.45, 7) is 13.6. The standard InChI is InChI=1S/C12H8IN/c1-7-6-11-10(9(3)8(7)2)4-5-12(13)14-11/h1-2,4-6H,3H3. The molecule has 0 aliphatic rings. The molecule has 0 amide bonds. The molecule has 0 N–H and O–H groups in total. The number of fused-ring (bicyclic) bond motifs is 1. The summed E-state index contributed by atoms with van der Waals surface area (Å²) < 4.78 is 0.957. The lowest BCUT2D eigenvalue weighted by molar-refractivity contribution is 1.32. The summed E-state index contributed by atoms with van der Waals surface area (Å²) in [4.78, 5) is 4.39. The van der Waals surface area contributed by atoms with Crippen LogP contribution in [0.1, 0.15) is 16.7 Å². The third-order valence-corrected chi connectivity index (χ3v) is 2.90. The van der Waals surface area contributed by atoms with Gasteiger partial charge in [0.15, 0.2) is 0 Å². The van der Waals surface area contributed by atoms with Gasteiger partial charge in [-0.2, -0.15) is 0 Å². The summed E-state index contributed by atoms with van der Waals surface area (Å²) in [5.41, 5.74) is 3.16. The van der Waals surface area contributed by atoms with E-state index in [0.717, 1.165) is 20.2 Å². The Morgan fingerprint density at radius 3 is 2.71 bits per heavy atom. The van der Waals surface area contributed by atoms with E-state index in [2.05, 4.69) is 27.6 Å². The normalized spacial score (nSPS) is 10.9. The highest BCUT2D eigenvalue weighted by molar-refractivity contribution is 14.1. The maximum atomic E-state index is 5.83. The van der Waals surface area contributed by atoms with Crippen molar-refractivity contribution < 1.29 is 0 Å². The molecule has 2 heteroatoms. The lowest BCUT2D eigenvalue weighted by Gasteiger charge is -2.08. The van der Waals surface area contributed by atoms with Crippen LogP contribution in [-0.2, 0) is 0 Å². The SMILES string of the molecule is [CH]c1cc2nc(I)ccc2c(C)c1[CH]. The predicted molar refractivity (Wildman–Crippen MR) is 66.0 cm³/mol. The Hall–Kier alpha value is -0.640. The largest absolute Gasteiger partial charge is 0.242 e. The number of rotatable bonds is 0. The van der Waals surface area contributed by atoms with E-state index >= 15 is 0 Å². The first kappa shape index (κ1) is 9.90. The molecule has 4 radical (unpaired) electrons. The predicted octanol–water partition coefficient (Wildman–Crippen LogP) is 3.27. The second-order valence-electron chi connectivity index (χ2n) is 3.21. The fourth-order valence-corrected chi connectivity index (χ4v) is 1.90. The van der Waals surface area contributed by atoms with Crippen LogP contribution in [0.5, 0.6) is 0 Å². The maximum Gasteiger partial charge on any atom is 0.102 e. The van der Waals surface area contributed by atoms with Gasteiger partial charge in [-0.25, -0.2) is 4.98 Å². The highest BCUT2D eigenvalue weighted by Gasteiger charge is 2.05. The monoisotopic (exact) mass is 293 g/mol. The number of hydrogen-bond donors (Lipinski definition) is 0. The van der Waals surface area contributed by atoms with Gasteiger partial charge < -0.3 is 0 Å². The third-order valence-electron chi connectivity index (χ3n) is 2.30. The van der Waals surface area contributed by atoms with E-state index in [1.54, 1.807) is 0 Å². The van der Waals surface area contributed by atoms with Gasteiger partial charge in [0.2, 0.25) is 0 Å². The van der Waals surface area contributed by atoms with Crippen LogP contribution in [0.2, 0.25) is 0 Å². The molecule has 0 saturated carbocycles. The van der Waals surface area contributed by atoms with Crippen LogP contribution >= 0.6 is 22.6 Å². The van der Waals surface area contributed by atoms with Crippen LogP contribution in [0.15, 0.2) is 18.2 Å². The Balaban J connectivity index is 2.91. The van der Waals surface area contributed by atoms with E-state index in [-0.39, 0.29) is 0 Å². The van der Waals surface area contributed by atoms with Crippen LogP contribution in [-0.4, -0.2) is 4.98 Å². The number of pyridine rings is 1. The smallest absolute Gasteiger partial charge is 0.102 e. The van der Waals surface area contributed by atoms with Gasteiger partial charge in [-0.3, -0.25) is 0 Å². The highest BCUT2D eigenvalue weighted by Crippen LogP contribution is 2.23. The van der Waals surface area contributed by atoms with Crippen molar-refractivity contribution in [3.05, 3.63) is 52.4 Å². The summed E-state index contributed by atoms with van der Waals surface area (Å²) in [5, 5.41) is 1.07. The number of halogens is 1. The highest BCUT2D eigenvalue weighted by atomic mass is 127. The third kappa shape index (κ3) is 1.52. The molecule has 0 spiro atoms. The molecular formula is C12H8IN. The Morgan fingerprint density at radius 2 is 2.00 bits per heavy atom. The minimum Gasteiger partial charge on any atom is -0.242 e. The first-order chi connectivity index (χ1) is 6.59. The van der Waals surface area contributed by atoms with Gasteiger partial charge in [0.25, 0.3) is 0 Å². The van der Waals surface area contributed by atoms with Crippen LogP contribution in [0.25, 0.3) is 10.9 Å². The molecule has 0 unspecified atom stereocenters. The first-order valence-electron chi connectivity index (χ1n) is 4.20. The maximum absolute atomic E-state index is 5.83. The molecule has 1 aromatic heterocycles. The fraction of sp³-hybridized carbons (Fsp3) is 0.0833. The molecule has 0 atom stereocenters. The minimum absolute atomic E-state index is 0.601. The second-order valence-corrected chi connectivity index (χ2v) is 4.31. The molecule has 14 heavy (non-hydrogen) atoms. The Labute approximate surface area is 97.7 Å². The summed E-state index contributed by atoms with van der Waals surface area (Å²) in [6, 6.07) is 5.81. The van der Waals surface area contributed by atoms with E-state index in [9.17, 15) is 0 Å². The van der Waals surface area contributed by atoms with Gasteiger partial charge in [-0.15, -0.1) is 0 Å². The van der Waals surface area contributed by atoms with Crippen molar-refractivity contribution in [2.45, 2.75) is 6.92 Å². The van der Waals surface area contributed by atoms with Crippen molar-refractivity contribution in [2.75, 3.05) is 0 Å². The second kappa shape index (κ2) is 3.50. The van der Waals surface area contributed by atoms with E-state index in [0.29, 0.717) is 11.1 Å². The summed E-state index contributed by atoms with van der Waals surface area (Å²) >= 11 is 2.18. The van der Waals surface area contributed by atoms with E-state index in [1.165, 1.54) is 0 Å². The van der Waals surface area contributed by atoms with Crippen LogP contribution < -0.4 is 0 Å². The Morgan fingerprint density at radius 1 is 1.29 bits per heavy atom. The number of benzene rings is 1. The van der Waals surface area contributed by atoms with Crippen molar-refractivity contribution in [2.24, 2.45) is 0 Å². The van der Waals surface area contributed by atoms with Gasteiger partial charge >= 0.3 is 0 Å². The zero-order valence-electron chi connectivity index (χ0n) is 7.71. The molecule has 0 fully saturated rings. The average molecular weight is 293 g/mol. The average Bonchev–Trinajstić information content (AvgIpc) is 2.14. The van der Waals surface area contributed by atoms with Gasteiger partial charge in [-0.1, -0.05) is 0 Å². The van der Waals surface area contributed by atoms with Crippen LogP contribution in [0, 0.1) is 24.5 Å². The van der Waals surface area contributed by atoms with Crippen molar-refractivity contribution in [3.63, 3.8) is 0 Å². The molecule has 1 nitrogen and oxygen atoms in total. The molecule has 0 bridgehead atoms. The van der Waals surface area contributed by atoms with Crippen molar-refractivity contribution in [1.82, 2.24) is 4.98 Å². The minimum atomic E-state index is 0.601. The van der Waals surface area contributed by atoms with Gasteiger partial charge in [0.1, 0.15) is 3.70 Å². The molecule has 1 aromatic carbocycles. The van der Waals surface area contributed by atoms with E-state index < -0.39 is 0 Å². The van der Waals surface area contributed by atoms with Gasteiger partial charge in [0, 0.05) is 5.39 Å². The lowest BCUT2D eigenvalue weighted by Crippen LogP contribution is -1.91.